The molecule has 44 heavy (non-hydrogen) atoms. The average Bonchev–Trinajstić information content (AvgIpc) is 3.12. The minimum Gasteiger partial charge on any atom is -0.0620 e. The maximum absolute atomic E-state index is 3.88. The zero-order valence-electron chi connectivity index (χ0n) is 24.6. The third kappa shape index (κ3) is 6.03. The first kappa shape index (κ1) is 29.4. The van der Waals surface area contributed by atoms with Gasteiger partial charge in [0.05, 0.1) is 11.3 Å². The van der Waals surface area contributed by atoms with E-state index in [1.54, 1.807) is 0 Å². The van der Waals surface area contributed by atoms with Crippen LogP contribution in [0.2, 0.25) is 0 Å². The minimum atomic E-state index is -2.18. The van der Waals surface area contributed by atoms with Crippen LogP contribution in [0, 0.1) is 23.2 Å². The Morgan fingerprint density at radius 1 is 0.273 bits per heavy atom. The molecule has 0 spiro atoms. The van der Waals surface area contributed by atoms with Gasteiger partial charge < -0.3 is 0 Å². The van der Waals surface area contributed by atoms with E-state index in [-0.39, 0.29) is 0 Å². The van der Waals surface area contributed by atoms with Crippen LogP contribution in [0.15, 0.2) is 182 Å². The fourth-order valence-electron chi connectivity index (χ4n) is 5.67. The van der Waals surface area contributed by atoms with Crippen molar-refractivity contribution in [1.82, 2.24) is 0 Å². The van der Waals surface area contributed by atoms with Gasteiger partial charge in [0.2, 0.25) is 0 Å². The lowest BCUT2D eigenvalue weighted by atomic mass is 10.3. The zero-order valence-corrected chi connectivity index (χ0v) is 26.4. The molecule has 0 nitrogen and oxygen atoms in total. The summed E-state index contributed by atoms with van der Waals surface area (Å²) in [6.07, 6.45) is 1.42. The highest BCUT2D eigenvalue weighted by atomic mass is 31.2. The van der Waals surface area contributed by atoms with Crippen molar-refractivity contribution in [2.24, 2.45) is 0 Å². The van der Waals surface area contributed by atoms with Gasteiger partial charge in [0.1, 0.15) is 31.8 Å². The van der Waals surface area contributed by atoms with Crippen molar-refractivity contribution in [3.8, 4) is 23.2 Å². The molecule has 6 aromatic carbocycles. The Hall–Kier alpha value is -4.70. The van der Waals surface area contributed by atoms with Crippen molar-refractivity contribution in [3.05, 3.63) is 182 Å². The van der Waals surface area contributed by atoms with Crippen molar-refractivity contribution in [3.63, 3.8) is 0 Å². The van der Waals surface area contributed by atoms with Gasteiger partial charge in [0.25, 0.3) is 0 Å². The van der Waals surface area contributed by atoms with E-state index >= 15 is 0 Å². The minimum absolute atomic E-state index is 0.708. The standard InChI is InChI=1S/C42H34P2/c1(21-35-43(37-23-9-3-10-24-37,38-25-11-4-12-26-38)39-27-13-5-14-28-39)2-22-36-44(40-29-15-6-16-30-40,41-31-17-7-18-32-41)42-33-19-8-20-34-42/h3-20,23-34H,1-2H2/q+2. The lowest BCUT2D eigenvalue weighted by Gasteiger charge is -2.21. The van der Waals surface area contributed by atoms with Crippen LogP contribution >= 0.6 is 14.5 Å². The maximum Gasteiger partial charge on any atom is 0.189 e. The first-order valence-corrected chi connectivity index (χ1v) is 18.5. The summed E-state index contributed by atoms with van der Waals surface area (Å²) in [5.41, 5.74) is 7.75. The lowest BCUT2D eigenvalue weighted by Crippen LogP contribution is -2.30. The van der Waals surface area contributed by atoms with Gasteiger partial charge in [0.15, 0.2) is 14.5 Å². The summed E-state index contributed by atoms with van der Waals surface area (Å²) in [5, 5.41) is 7.66. The Morgan fingerprint density at radius 2 is 0.455 bits per heavy atom. The Bertz CT molecular complexity index is 1540. The smallest absolute Gasteiger partial charge is 0.0620 e. The largest absolute Gasteiger partial charge is 0.189 e. The highest BCUT2D eigenvalue weighted by molar-refractivity contribution is 8.00. The highest BCUT2D eigenvalue weighted by Gasteiger charge is 2.45. The fourth-order valence-corrected chi connectivity index (χ4v) is 12.6. The molecule has 0 aliphatic carbocycles. The van der Waals surface area contributed by atoms with Crippen LogP contribution < -0.4 is 31.8 Å². The van der Waals surface area contributed by atoms with Crippen LogP contribution in [-0.2, 0) is 0 Å². The van der Waals surface area contributed by atoms with Crippen LogP contribution in [0.25, 0.3) is 0 Å². The van der Waals surface area contributed by atoms with Crippen molar-refractivity contribution in [2.45, 2.75) is 12.8 Å². The van der Waals surface area contributed by atoms with Gasteiger partial charge in [0, 0.05) is 12.8 Å². The quantitative estimate of drug-likeness (QED) is 0.100. The van der Waals surface area contributed by atoms with Crippen molar-refractivity contribution < 1.29 is 0 Å². The molecule has 0 unspecified atom stereocenters. The molecule has 0 saturated carbocycles. The molecule has 6 aromatic rings. The molecule has 0 N–H and O–H groups in total. The van der Waals surface area contributed by atoms with Crippen LogP contribution in [0.4, 0.5) is 0 Å². The molecule has 0 fully saturated rings. The molecule has 210 valence electrons. The van der Waals surface area contributed by atoms with Crippen molar-refractivity contribution in [2.75, 3.05) is 0 Å². The van der Waals surface area contributed by atoms with Gasteiger partial charge in [-0.15, -0.1) is 0 Å². The molecule has 0 atom stereocenters. The number of hydrogen-bond acceptors (Lipinski definition) is 0. The van der Waals surface area contributed by atoms with Gasteiger partial charge in [-0.2, -0.15) is 0 Å². The number of hydrogen-bond donors (Lipinski definition) is 0. The van der Waals surface area contributed by atoms with Crippen LogP contribution in [0.1, 0.15) is 12.8 Å². The third-order valence-electron chi connectivity index (χ3n) is 7.73. The zero-order chi connectivity index (χ0) is 29.9. The molecular weight excluding hydrogens is 566 g/mol. The molecule has 0 heterocycles. The summed E-state index contributed by atoms with van der Waals surface area (Å²) in [7, 11) is -4.36. The summed E-state index contributed by atoms with van der Waals surface area (Å²) in [6.45, 7) is 0. The third-order valence-corrected chi connectivity index (χ3v) is 15.2. The Labute approximate surface area is 263 Å². The summed E-state index contributed by atoms with van der Waals surface area (Å²) >= 11 is 0. The van der Waals surface area contributed by atoms with Gasteiger partial charge in [-0.3, -0.25) is 0 Å². The topological polar surface area (TPSA) is 0 Å². The molecule has 0 amide bonds. The summed E-state index contributed by atoms with van der Waals surface area (Å²) < 4.78 is 0. The second kappa shape index (κ2) is 14.2. The molecule has 0 aliphatic heterocycles. The van der Waals surface area contributed by atoms with Crippen molar-refractivity contribution >= 4 is 46.4 Å². The summed E-state index contributed by atoms with van der Waals surface area (Å²) in [5.74, 6) is 7.27. The monoisotopic (exact) mass is 600 g/mol. The second-order valence-electron chi connectivity index (χ2n) is 10.4. The molecule has 2 heteroatoms. The molecule has 0 bridgehead atoms. The van der Waals surface area contributed by atoms with E-state index in [9.17, 15) is 0 Å². The van der Waals surface area contributed by atoms with Gasteiger partial charge in [-0.25, -0.2) is 0 Å². The molecule has 0 aromatic heterocycles. The molecule has 0 saturated heterocycles. The van der Waals surface area contributed by atoms with E-state index in [2.05, 4.69) is 205 Å². The van der Waals surface area contributed by atoms with E-state index in [0.717, 1.165) is 0 Å². The van der Waals surface area contributed by atoms with E-state index in [1.807, 2.05) is 0 Å². The predicted octanol–water partition coefficient (Wildman–Crippen LogP) is 7.68. The summed E-state index contributed by atoms with van der Waals surface area (Å²) in [6, 6.07) is 64.9. The van der Waals surface area contributed by atoms with E-state index in [1.165, 1.54) is 31.8 Å². The highest BCUT2D eigenvalue weighted by Crippen LogP contribution is 2.55. The second-order valence-corrected chi connectivity index (χ2v) is 16.7. The summed E-state index contributed by atoms with van der Waals surface area (Å²) in [4.78, 5) is 0. The Balaban J connectivity index is 1.41. The van der Waals surface area contributed by atoms with Crippen LogP contribution in [0.5, 0.6) is 0 Å². The van der Waals surface area contributed by atoms with Gasteiger partial charge in [-0.05, 0) is 72.8 Å². The van der Waals surface area contributed by atoms with E-state index in [4.69, 9.17) is 0 Å². The maximum atomic E-state index is 3.88. The molecule has 6 rings (SSSR count). The number of rotatable bonds is 7. The van der Waals surface area contributed by atoms with Crippen LogP contribution in [0.3, 0.4) is 0 Å². The van der Waals surface area contributed by atoms with Crippen LogP contribution in [-0.4, -0.2) is 0 Å². The SMILES string of the molecule is C(#C[P+](c1ccccc1)(c1ccccc1)c1ccccc1)CCC#C[P+](c1ccccc1)(c1ccccc1)c1ccccc1. The number of unbranched alkanes of at least 4 members (excludes halogenated alkanes) is 1. The van der Waals surface area contributed by atoms with Gasteiger partial charge >= 0.3 is 0 Å². The van der Waals surface area contributed by atoms with E-state index in [0.29, 0.717) is 12.8 Å². The van der Waals surface area contributed by atoms with Gasteiger partial charge in [-0.1, -0.05) is 121 Å². The number of benzene rings is 6. The normalized spacial score (nSPS) is 11.0. The average molecular weight is 601 g/mol. The molecular formula is C42H34P2+2. The Kier molecular flexibility index (Phi) is 9.47. The first-order valence-electron chi connectivity index (χ1n) is 15.0. The Morgan fingerprint density at radius 3 is 0.636 bits per heavy atom. The predicted molar refractivity (Wildman–Crippen MR) is 195 cm³/mol. The molecule has 0 radical (unpaired) electrons. The van der Waals surface area contributed by atoms with Crippen molar-refractivity contribution in [1.29, 1.82) is 0 Å². The first-order chi connectivity index (χ1) is 21.8. The fraction of sp³-hybridized carbons (Fsp3) is 0.0476. The van der Waals surface area contributed by atoms with E-state index < -0.39 is 14.5 Å². The molecule has 0 aliphatic rings. The lowest BCUT2D eigenvalue weighted by molar-refractivity contribution is 1.12.